The summed E-state index contributed by atoms with van der Waals surface area (Å²) in [4.78, 5) is 12.1. The quantitative estimate of drug-likeness (QED) is 0.512. The number of alkyl carbamates (subject to hydrolysis) is 1. The smallest absolute Gasteiger partial charge is 0.407 e. The molecule has 3 aromatic carbocycles. The predicted octanol–water partition coefficient (Wildman–Crippen LogP) is 6.20. The van der Waals surface area contributed by atoms with Gasteiger partial charge in [0.1, 0.15) is 18.5 Å². The van der Waals surface area contributed by atoms with Crippen LogP contribution in [0.15, 0.2) is 60.7 Å². The summed E-state index contributed by atoms with van der Waals surface area (Å²) in [5.74, 6) is 0.764. The monoisotopic (exact) mass is 441 g/mol. The Labute approximate surface area is 185 Å². The third kappa shape index (κ3) is 4.55. The molecule has 1 unspecified atom stereocenters. The Balaban J connectivity index is 1.43. The van der Waals surface area contributed by atoms with Gasteiger partial charge in [-0.05, 0) is 41.8 Å². The van der Waals surface area contributed by atoms with Crippen molar-refractivity contribution < 1.29 is 14.3 Å². The summed E-state index contributed by atoms with van der Waals surface area (Å²) in [6.07, 6.45) is 0.0282. The van der Waals surface area contributed by atoms with E-state index in [2.05, 4.69) is 11.4 Å². The average Bonchev–Trinajstić information content (AvgIpc) is 3.14. The van der Waals surface area contributed by atoms with E-state index in [9.17, 15) is 4.79 Å². The number of aryl methyl sites for hydroxylation is 1. The molecule has 0 saturated heterocycles. The van der Waals surface area contributed by atoms with Gasteiger partial charge in [0.25, 0.3) is 0 Å². The maximum Gasteiger partial charge on any atom is 0.407 e. The van der Waals surface area contributed by atoms with Crippen molar-refractivity contribution in [3.8, 4) is 16.9 Å². The van der Waals surface area contributed by atoms with Crippen LogP contribution in [0.2, 0.25) is 10.0 Å². The molecular weight excluding hydrogens is 421 g/mol. The molecule has 0 spiro atoms. The van der Waals surface area contributed by atoms with Crippen LogP contribution in [-0.4, -0.2) is 18.7 Å². The van der Waals surface area contributed by atoms with Gasteiger partial charge in [0.05, 0.1) is 16.6 Å². The van der Waals surface area contributed by atoms with Gasteiger partial charge in [0, 0.05) is 17.5 Å². The topological polar surface area (TPSA) is 47.6 Å². The number of nitrogens with one attached hydrogen (secondary N) is 1. The zero-order chi connectivity index (χ0) is 21.1. The first-order chi connectivity index (χ1) is 14.5. The van der Waals surface area contributed by atoms with E-state index < -0.39 is 6.09 Å². The van der Waals surface area contributed by atoms with Gasteiger partial charge in [-0.3, -0.25) is 0 Å². The van der Waals surface area contributed by atoms with Crippen molar-refractivity contribution in [2.75, 3.05) is 6.54 Å². The van der Waals surface area contributed by atoms with Gasteiger partial charge >= 0.3 is 6.09 Å². The van der Waals surface area contributed by atoms with Gasteiger partial charge in [-0.15, -0.1) is 0 Å². The molecule has 1 atom stereocenters. The molecule has 30 heavy (non-hydrogen) atoms. The third-order valence-electron chi connectivity index (χ3n) is 4.96. The summed E-state index contributed by atoms with van der Waals surface area (Å²) in [6, 6.07) is 19.1. The molecule has 0 bridgehead atoms. The number of halogens is 2. The highest BCUT2D eigenvalue weighted by Crippen LogP contribution is 2.44. The van der Waals surface area contributed by atoms with Gasteiger partial charge in [0.2, 0.25) is 0 Å². The normalized spacial score (nSPS) is 14.7. The molecule has 4 nitrogen and oxygen atoms in total. The third-order valence-corrected chi connectivity index (χ3v) is 5.59. The lowest BCUT2D eigenvalue weighted by Crippen LogP contribution is -2.34. The Kier molecular flexibility index (Phi) is 6.16. The van der Waals surface area contributed by atoms with E-state index in [0.717, 1.165) is 33.6 Å². The van der Waals surface area contributed by atoms with Crippen LogP contribution in [0.5, 0.6) is 5.75 Å². The molecule has 1 N–H and O–H groups in total. The molecule has 1 heterocycles. The van der Waals surface area contributed by atoms with E-state index >= 15 is 0 Å². The SMILES string of the molecule is Cc1cc2c(c(-c3c(Cl)cccc3Cl)c1)OC(CNC(=O)OCc1ccccc1)C2. The number of hydrogen-bond donors (Lipinski definition) is 1. The number of fused-ring (bicyclic) bond motifs is 1. The highest BCUT2D eigenvalue weighted by Gasteiger charge is 2.28. The van der Waals surface area contributed by atoms with Gasteiger partial charge < -0.3 is 14.8 Å². The number of carbonyl (C=O) groups is 1. The summed E-state index contributed by atoms with van der Waals surface area (Å²) >= 11 is 12.9. The van der Waals surface area contributed by atoms with E-state index in [4.69, 9.17) is 32.7 Å². The van der Waals surface area contributed by atoms with Crippen molar-refractivity contribution in [2.45, 2.75) is 26.1 Å². The second-order valence-corrected chi connectivity index (χ2v) is 8.10. The lowest BCUT2D eigenvalue weighted by Gasteiger charge is -2.15. The van der Waals surface area contributed by atoms with Crippen molar-refractivity contribution in [2.24, 2.45) is 0 Å². The zero-order valence-electron chi connectivity index (χ0n) is 16.5. The second kappa shape index (κ2) is 8.99. The van der Waals surface area contributed by atoms with E-state index in [-0.39, 0.29) is 12.7 Å². The Morgan fingerprint density at radius 2 is 1.83 bits per heavy atom. The van der Waals surface area contributed by atoms with Crippen LogP contribution in [0.1, 0.15) is 16.7 Å². The molecule has 4 rings (SSSR count). The van der Waals surface area contributed by atoms with E-state index in [1.807, 2.05) is 61.5 Å². The van der Waals surface area contributed by atoms with Crippen molar-refractivity contribution >= 4 is 29.3 Å². The molecule has 0 radical (unpaired) electrons. The molecule has 1 aliphatic rings. The number of amides is 1. The molecule has 1 aliphatic heterocycles. The van der Waals surface area contributed by atoms with E-state index in [0.29, 0.717) is 23.0 Å². The lowest BCUT2D eigenvalue weighted by atomic mass is 9.97. The highest BCUT2D eigenvalue weighted by molar-refractivity contribution is 6.39. The van der Waals surface area contributed by atoms with Gasteiger partial charge in [0.15, 0.2) is 0 Å². The molecule has 0 aliphatic carbocycles. The first kappa shape index (κ1) is 20.6. The number of benzene rings is 3. The molecule has 154 valence electrons. The Morgan fingerprint density at radius 3 is 2.57 bits per heavy atom. The molecule has 6 heteroatoms. The standard InChI is InChI=1S/C24H21Cl2NO3/c1-15-10-17-12-18(13-27-24(28)29-14-16-6-3-2-4-7-16)30-23(17)19(11-15)22-20(25)8-5-9-21(22)26/h2-11,18H,12-14H2,1H3,(H,27,28). The minimum absolute atomic E-state index is 0.189. The zero-order valence-corrected chi connectivity index (χ0v) is 18.0. The molecule has 1 amide bonds. The van der Waals surface area contributed by atoms with Crippen LogP contribution >= 0.6 is 23.2 Å². The van der Waals surface area contributed by atoms with E-state index in [1.165, 1.54) is 0 Å². The van der Waals surface area contributed by atoms with E-state index in [1.54, 1.807) is 0 Å². The predicted molar refractivity (Wildman–Crippen MR) is 119 cm³/mol. The summed E-state index contributed by atoms with van der Waals surface area (Å²) in [6.45, 7) is 2.60. The van der Waals surface area contributed by atoms with Crippen molar-refractivity contribution in [1.29, 1.82) is 0 Å². The fraction of sp³-hybridized carbons (Fsp3) is 0.208. The number of rotatable bonds is 5. The largest absolute Gasteiger partial charge is 0.487 e. The molecule has 0 aromatic heterocycles. The van der Waals surface area contributed by atoms with Crippen LogP contribution < -0.4 is 10.1 Å². The molecule has 0 saturated carbocycles. The molecule has 3 aromatic rings. The maximum absolute atomic E-state index is 12.1. The number of hydrogen-bond acceptors (Lipinski definition) is 3. The maximum atomic E-state index is 12.1. The van der Waals surface area contributed by atoms with Crippen LogP contribution in [-0.2, 0) is 17.8 Å². The first-order valence-electron chi connectivity index (χ1n) is 9.70. The summed E-state index contributed by atoms with van der Waals surface area (Å²) in [5, 5.41) is 3.94. The van der Waals surface area contributed by atoms with Crippen LogP contribution in [0.25, 0.3) is 11.1 Å². The summed E-state index contributed by atoms with van der Waals surface area (Å²) in [5.41, 5.74) is 4.74. The highest BCUT2D eigenvalue weighted by atomic mass is 35.5. The fourth-order valence-electron chi connectivity index (χ4n) is 3.62. The van der Waals surface area contributed by atoms with Crippen LogP contribution in [0.3, 0.4) is 0 Å². The number of carbonyl (C=O) groups excluding carboxylic acids is 1. The average molecular weight is 442 g/mol. The molecular formula is C24H21Cl2NO3. The summed E-state index contributed by atoms with van der Waals surface area (Å²) < 4.78 is 11.5. The van der Waals surface area contributed by atoms with Crippen molar-refractivity contribution in [1.82, 2.24) is 5.32 Å². The van der Waals surface area contributed by atoms with Gasteiger partial charge in [-0.1, -0.05) is 65.7 Å². The van der Waals surface area contributed by atoms with Crippen LogP contribution in [0, 0.1) is 6.92 Å². The fourth-order valence-corrected chi connectivity index (χ4v) is 4.22. The minimum atomic E-state index is -0.469. The minimum Gasteiger partial charge on any atom is -0.487 e. The van der Waals surface area contributed by atoms with Crippen molar-refractivity contribution in [3.63, 3.8) is 0 Å². The summed E-state index contributed by atoms with van der Waals surface area (Å²) in [7, 11) is 0. The Bertz CT molecular complexity index is 1050. The second-order valence-electron chi connectivity index (χ2n) is 7.28. The number of ether oxygens (including phenoxy) is 2. The molecule has 0 fully saturated rings. The Hall–Kier alpha value is -2.69. The van der Waals surface area contributed by atoms with Crippen molar-refractivity contribution in [3.05, 3.63) is 87.4 Å². The first-order valence-corrected chi connectivity index (χ1v) is 10.5. The Morgan fingerprint density at radius 1 is 1.10 bits per heavy atom. The van der Waals surface area contributed by atoms with Gasteiger partial charge in [-0.25, -0.2) is 4.79 Å². The van der Waals surface area contributed by atoms with Gasteiger partial charge in [-0.2, -0.15) is 0 Å². The lowest BCUT2D eigenvalue weighted by molar-refractivity contribution is 0.133. The van der Waals surface area contributed by atoms with Crippen LogP contribution in [0.4, 0.5) is 4.79 Å².